The second-order valence-corrected chi connectivity index (χ2v) is 6.76. The van der Waals surface area contributed by atoms with Gasteiger partial charge in [-0.05, 0) is 29.7 Å². The quantitative estimate of drug-likeness (QED) is 0.660. The molecule has 6 heteroatoms. The zero-order valence-electron chi connectivity index (χ0n) is 14.3. The van der Waals surface area contributed by atoms with Gasteiger partial charge < -0.3 is 10.4 Å². The number of aryl methyl sites for hydroxylation is 1. The van der Waals surface area contributed by atoms with Crippen molar-refractivity contribution < 1.29 is 14.7 Å². The van der Waals surface area contributed by atoms with Gasteiger partial charge in [0.25, 0.3) is 0 Å². The number of carbonyl (C=O) groups is 2. The number of hydrogen-bond acceptors (Lipinski definition) is 4. The van der Waals surface area contributed by atoms with E-state index in [1.807, 2.05) is 36.4 Å². The van der Waals surface area contributed by atoms with E-state index in [9.17, 15) is 14.7 Å². The van der Waals surface area contributed by atoms with Crippen molar-refractivity contribution in [1.82, 2.24) is 0 Å². The van der Waals surface area contributed by atoms with Crippen molar-refractivity contribution in [3.63, 3.8) is 0 Å². The highest BCUT2D eigenvalue weighted by Gasteiger charge is 2.21. The number of carboxylic acids is 1. The highest BCUT2D eigenvalue weighted by molar-refractivity contribution is 7.14. The number of carbonyl (C=O) groups excluding carboxylic acids is 1. The lowest BCUT2D eigenvalue weighted by molar-refractivity contribution is -0.116. The van der Waals surface area contributed by atoms with Gasteiger partial charge in [-0.1, -0.05) is 42.5 Å². The predicted octanol–water partition coefficient (Wildman–Crippen LogP) is 4.56. The minimum Gasteiger partial charge on any atom is -0.478 e. The van der Waals surface area contributed by atoms with E-state index in [0.717, 1.165) is 5.56 Å². The summed E-state index contributed by atoms with van der Waals surface area (Å²) in [6.45, 7) is 0. The maximum atomic E-state index is 12.3. The number of hydrogen-bond donors (Lipinski definition) is 2. The van der Waals surface area contributed by atoms with Gasteiger partial charge in [0.1, 0.15) is 5.56 Å². The first-order valence-electron chi connectivity index (χ1n) is 8.27. The lowest BCUT2D eigenvalue weighted by atomic mass is 10.1. The number of amides is 1. The Labute approximate surface area is 160 Å². The number of thiophene rings is 1. The first kappa shape index (κ1) is 18.4. The second kappa shape index (κ2) is 8.30. The molecule has 0 bridgehead atoms. The van der Waals surface area contributed by atoms with E-state index in [1.54, 1.807) is 29.6 Å². The summed E-state index contributed by atoms with van der Waals surface area (Å²) in [4.78, 5) is 24.6. The summed E-state index contributed by atoms with van der Waals surface area (Å²) in [6, 6.07) is 18.4. The molecule has 5 nitrogen and oxygen atoms in total. The molecule has 134 valence electrons. The van der Waals surface area contributed by atoms with Gasteiger partial charge in [0.2, 0.25) is 5.91 Å². The van der Waals surface area contributed by atoms with Crippen molar-refractivity contribution in [2.24, 2.45) is 0 Å². The van der Waals surface area contributed by atoms with Crippen LogP contribution in [0, 0.1) is 11.3 Å². The Balaban J connectivity index is 1.77. The average molecular weight is 376 g/mol. The number of aromatic carboxylic acids is 1. The van der Waals surface area contributed by atoms with Crippen LogP contribution in [-0.2, 0) is 11.2 Å². The first-order valence-corrected chi connectivity index (χ1v) is 9.15. The summed E-state index contributed by atoms with van der Waals surface area (Å²) in [7, 11) is 0. The van der Waals surface area contributed by atoms with Crippen LogP contribution in [0.25, 0.3) is 10.4 Å². The number of rotatable bonds is 6. The molecule has 0 aliphatic carbocycles. The van der Waals surface area contributed by atoms with Crippen molar-refractivity contribution >= 4 is 28.9 Å². The van der Waals surface area contributed by atoms with Crippen molar-refractivity contribution in [2.75, 3.05) is 5.32 Å². The van der Waals surface area contributed by atoms with Crippen molar-refractivity contribution in [3.8, 4) is 16.5 Å². The predicted molar refractivity (Wildman–Crippen MR) is 105 cm³/mol. The average Bonchev–Trinajstić information content (AvgIpc) is 3.11. The van der Waals surface area contributed by atoms with Crippen LogP contribution >= 0.6 is 11.3 Å². The molecule has 3 rings (SSSR count). The third-order valence-electron chi connectivity index (χ3n) is 4.04. The minimum atomic E-state index is -1.10. The van der Waals surface area contributed by atoms with Crippen LogP contribution in [0.3, 0.4) is 0 Å². The fraction of sp³-hybridized carbons (Fsp3) is 0.0952. The van der Waals surface area contributed by atoms with Crippen LogP contribution in [0.5, 0.6) is 0 Å². The van der Waals surface area contributed by atoms with Gasteiger partial charge in [-0.15, -0.1) is 11.3 Å². The topological polar surface area (TPSA) is 90.2 Å². The Morgan fingerprint density at radius 1 is 1.07 bits per heavy atom. The van der Waals surface area contributed by atoms with E-state index in [-0.39, 0.29) is 17.9 Å². The molecule has 0 fully saturated rings. The maximum absolute atomic E-state index is 12.3. The van der Waals surface area contributed by atoms with Gasteiger partial charge in [0.05, 0.1) is 22.2 Å². The lowest BCUT2D eigenvalue weighted by Gasteiger charge is -2.06. The molecule has 0 spiro atoms. The van der Waals surface area contributed by atoms with E-state index >= 15 is 0 Å². The molecule has 1 aromatic heterocycles. The monoisotopic (exact) mass is 376 g/mol. The SMILES string of the molecule is N#Cc1ccc(-c2scc(NC(=O)CCc3ccccc3)c2C(=O)O)cc1. The number of carboxylic acid groups (broad SMARTS) is 1. The largest absolute Gasteiger partial charge is 0.478 e. The number of benzene rings is 2. The molecule has 0 unspecified atom stereocenters. The van der Waals surface area contributed by atoms with Crippen LogP contribution in [0.2, 0.25) is 0 Å². The fourth-order valence-corrected chi connectivity index (χ4v) is 3.69. The highest BCUT2D eigenvalue weighted by Crippen LogP contribution is 2.36. The van der Waals surface area contributed by atoms with Crippen LogP contribution in [-0.4, -0.2) is 17.0 Å². The Morgan fingerprint density at radius 3 is 2.41 bits per heavy atom. The number of nitriles is 1. The van der Waals surface area contributed by atoms with Crippen molar-refractivity contribution in [2.45, 2.75) is 12.8 Å². The highest BCUT2D eigenvalue weighted by atomic mass is 32.1. The molecule has 1 heterocycles. The molecule has 0 aliphatic rings. The van der Waals surface area contributed by atoms with E-state index in [4.69, 9.17) is 5.26 Å². The van der Waals surface area contributed by atoms with E-state index < -0.39 is 5.97 Å². The Morgan fingerprint density at radius 2 is 1.78 bits per heavy atom. The number of nitrogens with zero attached hydrogens (tertiary/aromatic N) is 1. The Kier molecular flexibility index (Phi) is 5.64. The molecule has 0 radical (unpaired) electrons. The maximum Gasteiger partial charge on any atom is 0.339 e. The summed E-state index contributed by atoms with van der Waals surface area (Å²) < 4.78 is 0. The molecule has 27 heavy (non-hydrogen) atoms. The van der Waals surface area contributed by atoms with Gasteiger partial charge >= 0.3 is 5.97 Å². The molecular formula is C21H16N2O3S. The van der Waals surface area contributed by atoms with Crippen molar-refractivity contribution in [3.05, 3.63) is 76.7 Å². The standard InChI is InChI=1S/C21H16N2O3S/c22-12-15-6-9-16(10-7-15)20-19(21(25)26)17(13-27-20)23-18(24)11-8-14-4-2-1-3-5-14/h1-7,9-10,13H,8,11H2,(H,23,24)(H,25,26). The van der Waals surface area contributed by atoms with Gasteiger partial charge in [-0.3, -0.25) is 4.79 Å². The van der Waals surface area contributed by atoms with E-state index in [1.165, 1.54) is 11.3 Å². The summed E-state index contributed by atoms with van der Waals surface area (Å²) in [5.74, 6) is -1.33. The smallest absolute Gasteiger partial charge is 0.339 e. The molecule has 3 aromatic rings. The molecular weight excluding hydrogens is 360 g/mol. The number of anilines is 1. The summed E-state index contributed by atoms with van der Waals surface area (Å²) in [5.41, 5.74) is 2.61. The van der Waals surface area contributed by atoms with Crippen LogP contribution in [0.15, 0.2) is 60.0 Å². The first-order chi connectivity index (χ1) is 13.1. The molecule has 2 N–H and O–H groups in total. The normalized spacial score (nSPS) is 10.2. The Bertz CT molecular complexity index is 1000. The fourth-order valence-electron chi connectivity index (χ4n) is 2.69. The zero-order chi connectivity index (χ0) is 19.2. The molecule has 0 atom stereocenters. The third-order valence-corrected chi connectivity index (χ3v) is 5.07. The van der Waals surface area contributed by atoms with E-state index in [2.05, 4.69) is 5.32 Å². The van der Waals surface area contributed by atoms with Gasteiger partial charge in [-0.25, -0.2) is 4.79 Å². The van der Waals surface area contributed by atoms with Gasteiger partial charge in [-0.2, -0.15) is 5.26 Å². The van der Waals surface area contributed by atoms with Crippen LogP contribution in [0.1, 0.15) is 27.9 Å². The summed E-state index contributed by atoms with van der Waals surface area (Å²) in [6.07, 6.45) is 0.854. The Hall–Kier alpha value is -3.43. The number of nitrogens with one attached hydrogen (secondary N) is 1. The van der Waals surface area contributed by atoms with Crippen LogP contribution in [0.4, 0.5) is 5.69 Å². The summed E-state index contributed by atoms with van der Waals surface area (Å²) >= 11 is 1.25. The second-order valence-electron chi connectivity index (χ2n) is 5.88. The van der Waals surface area contributed by atoms with Crippen LogP contribution < -0.4 is 5.32 Å². The van der Waals surface area contributed by atoms with Gasteiger partial charge in [0.15, 0.2) is 0 Å². The molecule has 0 saturated carbocycles. The zero-order valence-corrected chi connectivity index (χ0v) is 15.1. The summed E-state index contributed by atoms with van der Waals surface area (Å²) in [5, 5.41) is 22.9. The minimum absolute atomic E-state index is 0.0674. The molecule has 1 amide bonds. The van der Waals surface area contributed by atoms with Gasteiger partial charge in [0, 0.05) is 11.8 Å². The van der Waals surface area contributed by atoms with Crippen molar-refractivity contribution in [1.29, 1.82) is 5.26 Å². The lowest BCUT2D eigenvalue weighted by Crippen LogP contribution is -2.14. The molecule has 0 saturated heterocycles. The molecule has 0 aliphatic heterocycles. The third kappa shape index (κ3) is 4.40. The molecule has 2 aromatic carbocycles. The van der Waals surface area contributed by atoms with E-state index in [0.29, 0.717) is 28.1 Å².